The van der Waals surface area contributed by atoms with Crippen molar-refractivity contribution in [1.29, 1.82) is 0 Å². The Balaban J connectivity index is 1.55. The number of nitrogens with one attached hydrogen (secondary N) is 1. The van der Waals surface area contributed by atoms with Crippen LogP contribution in [-0.4, -0.2) is 27.9 Å². The highest BCUT2D eigenvalue weighted by Crippen LogP contribution is 2.22. The molecule has 3 aromatic carbocycles. The summed E-state index contributed by atoms with van der Waals surface area (Å²) in [7, 11) is 1.63. The molecule has 0 saturated carbocycles. The first-order valence-electron chi connectivity index (χ1n) is 10.2. The summed E-state index contributed by atoms with van der Waals surface area (Å²) in [5.41, 5.74) is 2.48. The van der Waals surface area contributed by atoms with Crippen molar-refractivity contribution < 1.29 is 14.6 Å². The number of ether oxygens (including phenoxy) is 1. The van der Waals surface area contributed by atoms with Crippen LogP contribution in [0.5, 0.6) is 5.75 Å². The Kier molecular flexibility index (Phi) is 6.00. The van der Waals surface area contributed by atoms with Gasteiger partial charge < -0.3 is 15.2 Å². The molecule has 0 spiro atoms. The Hall–Kier alpha value is -3.64. The minimum absolute atomic E-state index is 0.135. The van der Waals surface area contributed by atoms with Crippen LogP contribution in [0.15, 0.2) is 72.8 Å². The molecule has 0 fully saturated rings. The number of nitrogens with zero attached hydrogens (tertiary/aromatic N) is 2. The van der Waals surface area contributed by atoms with Gasteiger partial charge >= 0.3 is 0 Å². The minimum atomic E-state index is -0.731. The molecule has 1 unspecified atom stereocenters. The normalized spacial score (nSPS) is 12.0. The van der Waals surface area contributed by atoms with Gasteiger partial charge in [-0.15, -0.1) is 0 Å². The first kappa shape index (κ1) is 20.6. The lowest BCUT2D eigenvalue weighted by Gasteiger charge is -2.11. The van der Waals surface area contributed by atoms with Crippen LogP contribution in [0, 0.1) is 0 Å². The van der Waals surface area contributed by atoms with Crippen LogP contribution in [0.2, 0.25) is 0 Å². The van der Waals surface area contributed by atoms with Crippen molar-refractivity contribution in [2.45, 2.75) is 26.0 Å². The number of benzene rings is 3. The Morgan fingerprint density at radius 3 is 2.58 bits per heavy atom. The molecular formula is C25H25N3O3. The Morgan fingerprint density at radius 1 is 1.10 bits per heavy atom. The Bertz CT molecular complexity index is 1190. The van der Waals surface area contributed by atoms with Crippen molar-refractivity contribution in [1.82, 2.24) is 9.78 Å². The lowest BCUT2D eigenvalue weighted by atomic mass is 10.0. The van der Waals surface area contributed by atoms with E-state index in [1.807, 2.05) is 66.7 Å². The van der Waals surface area contributed by atoms with Crippen molar-refractivity contribution in [2.75, 3.05) is 12.4 Å². The van der Waals surface area contributed by atoms with E-state index in [9.17, 15) is 9.90 Å². The maximum Gasteiger partial charge on any atom is 0.229 e. The quantitative estimate of drug-likeness (QED) is 0.471. The van der Waals surface area contributed by atoms with Gasteiger partial charge in [0.25, 0.3) is 0 Å². The van der Waals surface area contributed by atoms with Crippen LogP contribution in [0.4, 0.5) is 5.82 Å². The van der Waals surface area contributed by atoms with Crippen molar-refractivity contribution in [3.8, 4) is 5.75 Å². The van der Waals surface area contributed by atoms with E-state index >= 15 is 0 Å². The van der Waals surface area contributed by atoms with Crippen LogP contribution >= 0.6 is 0 Å². The highest BCUT2D eigenvalue weighted by Gasteiger charge is 2.15. The topological polar surface area (TPSA) is 76.4 Å². The molecule has 4 rings (SSSR count). The molecule has 1 atom stereocenters. The van der Waals surface area contributed by atoms with Gasteiger partial charge in [-0.05, 0) is 41.0 Å². The summed E-state index contributed by atoms with van der Waals surface area (Å²) >= 11 is 0. The number of hydrogen-bond donors (Lipinski definition) is 2. The highest BCUT2D eigenvalue weighted by atomic mass is 16.5. The van der Waals surface area contributed by atoms with Gasteiger partial charge in [-0.2, -0.15) is 5.10 Å². The lowest BCUT2D eigenvalue weighted by Crippen LogP contribution is -2.18. The lowest BCUT2D eigenvalue weighted by molar-refractivity contribution is -0.115. The summed E-state index contributed by atoms with van der Waals surface area (Å²) in [6.45, 7) is 2.11. The number of aliphatic hydroxyl groups is 1. The monoisotopic (exact) mass is 415 g/mol. The highest BCUT2D eigenvalue weighted by molar-refractivity contribution is 5.95. The van der Waals surface area contributed by atoms with E-state index in [0.717, 1.165) is 27.6 Å². The van der Waals surface area contributed by atoms with Crippen LogP contribution in [-0.2, 0) is 17.8 Å². The van der Waals surface area contributed by atoms with Gasteiger partial charge in [-0.25, -0.2) is 4.68 Å². The van der Waals surface area contributed by atoms with Crippen LogP contribution in [0.3, 0.4) is 0 Å². The van der Waals surface area contributed by atoms with Crippen molar-refractivity contribution >= 4 is 22.5 Å². The maximum absolute atomic E-state index is 12.9. The molecule has 0 aliphatic heterocycles. The van der Waals surface area contributed by atoms with Gasteiger partial charge in [-0.1, -0.05) is 54.6 Å². The number of anilines is 1. The zero-order valence-corrected chi connectivity index (χ0v) is 17.6. The second-order valence-corrected chi connectivity index (χ2v) is 7.50. The van der Waals surface area contributed by atoms with E-state index in [-0.39, 0.29) is 12.3 Å². The number of carbonyl (C=O) groups is 1. The van der Waals surface area contributed by atoms with Gasteiger partial charge in [0, 0.05) is 6.07 Å². The van der Waals surface area contributed by atoms with E-state index < -0.39 is 6.10 Å². The molecule has 6 heteroatoms. The summed E-state index contributed by atoms with van der Waals surface area (Å²) < 4.78 is 6.91. The average molecular weight is 415 g/mol. The van der Waals surface area contributed by atoms with Gasteiger partial charge in [0.05, 0.1) is 31.9 Å². The SMILES string of the molecule is COc1ccc(Cn2nc(C(C)O)cc2NC(=O)Cc2cccc3ccccc23)cc1. The van der Waals surface area contributed by atoms with E-state index in [4.69, 9.17) is 4.74 Å². The number of methoxy groups -OCH3 is 1. The molecular weight excluding hydrogens is 390 g/mol. The van der Waals surface area contributed by atoms with Gasteiger partial charge in [0.2, 0.25) is 5.91 Å². The molecule has 1 aromatic heterocycles. The summed E-state index contributed by atoms with van der Waals surface area (Å²) in [4.78, 5) is 12.9. The third-order valence-corrected chi connectivity index (χ3v) is 5.22. The molecule has 0 radical (unpaired) electrons. The summed E-state index contributed by atoms with van der Waals surface area (Å²) in [6.07, 6.45) is -0.482. The average Bonchev–Trinajstić information content (AvgIpc) is 3.17. The second-order valence-electron chi connectivity index (χ2n) is 7.50. The van der Waals surface area contributed by atoms with Crippen LogP contribution in [0.1, 0.15) is 29.8 Å². The molecule has 2 N–H and O–H groups in total. The van der Waals surface area contributed by atoms with E-state index in [1.165, 1.54) is 0 Å². The molecule has 0 saturated heterocycles. The summed E-state index contributed by atoms with van der Waals surface area (Å²) in [5.74, 6) is 1.19. The number of aliphatic hydroxyl groups excluding tert-OH is 1. The van der Waals surface area contributed by atoms with E-state index in [1.54, 1.807) is 24.8 Å². The largest absolute Gasteiger partial charge is 0.497 e. The third kappa shape index (κ3) is 4.75. The Labute approximate surface area is 181 Å². The molecule has 158 valence electrons. The first-order chi connectivity index (χ1) is 15.0. The zero-order valence-electron chi connectivity index (χ0n) is 17.6. The van der Waals surface area contributed by atoms with E-state index in [2.05, 4.69) is 10.4 Å². The number of amides is 1. The van der Waals surface area contributed by atoms with Crippen molar-refractivity contribution in [3.05, 3.63) is 89.6 Å². The summed E-state index contributed by atoms with van der Waals surface area (Å²) in [5, 5.41) is 19.6. The van der Waals surface area contributed by atoms with Gasteiger partial charge in [0.15, 0.2) is 0 Å². The van der Waals surface area contributed by atoms with Crippen LogP contribution in [0.25, 0.3) is 10.8 Å². The van der Waals surface area contributed by atoms with E-state index in [0.29, 0.717) is 18.1 Å². The van der Waals surface area contributed by atoms with Crippen molar-refractivity contribution in [3.63, 3.8) is 0 Å². The molecule has 1 amide bonds. The fraction of sp³-hybridized carbons (Fsp3) is 0.200. The number of carbonyl (C=O) groups excluding carboxylic acids is 1. The number of fused-ring (bicyclic) bond motifs is 1. The number of hydrogen-bond acceptors (Lipinski definition) is 4. The zero-order chi connectivity index (χ0) is 21.8. The Morgan fingerprint density at radius 2 is 1.84 bits per heavy atom. The van der Waals surface area contributed by atoms with Gasteiger partial charge in [-0.3, -0.25) is 4.79 Å². The maximum atomic E-state index is 12.9. The molecule has 1 heterocycles. The molecule has 0 aliphatic carbocycles. The van der Waals surface area contributed by atoms with Crippen molar-refractivity contribution in [2.24, 2.45) is 0 Å². The molecule has 6 nitrogen and oxygen atoms in total. The number of aromatic nitrogens is 2. The summed E-state index contributed by atoms with van der Waals surface area (Å²) in [6, 6.07) is 23.4. The smallest absolute Gasteiger partial charge is 0.229 e. The molecule has 0 bridgehead atoms. The van der Waals surface area contributed by atoms with Gasteiger partial charge in [0.1, 0.15) is 11.6 Å². The standard InChI is InChI=1S/C25H25N3O3/c1-17(29)23-15-24(28(27-23)16-18-10-12-21(31-2)13-11-18)26-25(30)14-20-8-5-7-19-6-3-4-9-22(19)20/h3-13,15,17,29H,14,16H2,1-2H3,(H,26,30). The first-order valence-corrected chi connectivity index (χ1v) is 10.2. The fourth-order valence-electron chi connectivity index (χ4n) is 3.57. The third-order valence-electron chi connectivity index (χ3n) is 5.22. The predicted molar refractivity (Wildman–Crippen MR) is 121 cm³/mol. The fourth-order valence-corrected chi connectivity index (χ4v) is 3.57. The minimum Gasteiger partial charge on any atom is -0.497 e. The second kappa shape index (κ2) is 9.02. The molecule has 0 aliphatic rings. The predicted octanol–water partition coefficient (Wildman–Crippen LogP) is 4.33. The molecule has 31 heavy (non-hydrogen) atoms. The van der Waals surface area contributed by atoms with Crippen LogP contribution < -0.4 is 10.1 Å². The molecule has 4 aromatic rings. The number of rotatable bonds is 7.